The van der Waals surface area contributed by atoms with Gasteiger partial charge in [0.25, 0.3) is 12.3 Å². The number of halogens is 2. The van der Waals surface area contributed by atoms with Crippen LogP contribution in [0.2, 0.25) is 0 Å². The third-order valence-electron chi connectivity index (χ3n) is 2.33. The van der Waals surface area contributed by atoms with Crippen molar-refractivity contribution in [2.75, 3.05) is 24.6 Å². The number of hydrogen-bond acceptors (Lipinski definition) is 4. The number of rotatable bonds is 5. The Hall–Kier alpha value is -1.89. The molecule has 1 amide bonds. The minimum Gasteiger partial charge on any atom is -0.397 e. The van der Waals surface area contributed by atoms with Gasteiger partial charge >= 0.3 is 0 Å². The van der Waals surface area contributed by atoms with Crippen LogP contribution < -0.4 is 16.4 Å². The molecule has 0 bridgehead atoms. The van der Waals surface area contributed by atoms with E-state index < -0.39 is 12.5 Å². The van der Waals surface area contributed by atoms with Crippen LogP contribution in [0.15, 0.2) is 18.2 Å². The Morgan fingerprint density at radius 2 is 2.17 bits per heavy atom. The van der Waals surface area contributed by atoms with Crippen molar-refractivity contribution in [3.63, 3.8) is 0 Å². The molecule has 0 spiro atoms. The Morgan fingerprint density at radius 3 is 2.67 bits per heavy atom. The van der Waals surface area contributed by atoms with Gasteiger partial charge in [-0.25, -0.2) is 8.78 Å². The molecule has 0 fully saturated rings. The van der Waals surface area contributed by atoms with Crippen LogP contribution in [-0.2, 0) is 0 Å². The molecule has 0 saturated carbocycles. The SMILES string of the molecule is CNC(=O)c1ccc(NCC(O)C(F)F)c(N)c1. The van der Waals surface area contributed by atoms with Crippen LogP contribution in [0, 0.1) is 0 Å². The number of nitrogens with one attached hydrogen (secondary N) is 2. The predicted molar refractivity (Wildman–Crippen MR) is 64.7 cm³/mol. The molecule has 1 aromatic carbocycles. The van der Waals surface area contributed by atoms with E-state index in [1.54, 1.807) is 0 Å². The van der Waals surface area contributed by atoms with Crippen LogP contribution in [0.1, 0.15) is 10.4 Å². The third kappa shape index (κ3) is 3.56. The van der Waals surface area contributed by atoms with Crippen molar-refractivity contribution < 1.29 is 18.7 Å². The standard InChI is InChI=1S/C11H15F2N3O2/c1-15-11(18)6-2-3-8(7(14)4-6)16-5-9(17)10(12)13/h2-4,9-10,16-17H,5,14H2,1H3,(H,15,18). The smallest absolute Gasteiger partial charge is 0.265 e. The minimum atomic E-state index is -2.82. The van der Waals surface area contributed by atoms with E-state index in [9.17, 15) is 13.6 Å². The first-order valence-electron chi connectivity index (χ1n) is 5.27. The second-order valence-electron chi connectivity index (χ2n) is 3.66. The maximum atomic E-state index is 12.1. The average molecular weight is 259 g/mol. The van der Waals surface area contributed by atoms with Gasteiger partial charge in [-0.15, -0.1) is 0 Å². The molecule has 0 aliphatic rings. The second kappa shape index (κ2) is 6.15. The zero-order chi connectivity index (χ0) is 13.7. The zero-order valence-electron chi connectivity index (χ0n) is 9.78. The quantitative estimate of drug-likeness (QED) is 0.585. The van der Waals surface area contributed by atoms with E-state index in [0.717, 1.165) is 0 Å². The Labute approximate surface area is 103 Å². The van der Waals surface area contributed by atoms with E-state index in [1.807, 2.05) is 0 Å². The summed E-state index contributed by atoms with van der Waals surface area (Å²) in [5.74, 6) is -0.291. The van der Waals surface area contributed by atoms with Gasteiger partial charge < -0.3 is 21.5 Å². The Balaban J connectivity index is 2.71. The van der Waals surface area contributed by atoms with E-state index >= 15 is 0 Å². The maximum Gasteiger partial charge on any atom is 0.265 e. The molecule has 0 aromatic heterocycles. The zero-order valence-corrected chi connectivity index (χ0v) is 9.78. The minimum absolute atomic E-state index is 0.248. The topological polar surface area (TPSA) is 87.4 Å². The fourth-order valence-corrected chi connectivity index (χ4v) is 1.31. The number of anilines is 2. The van der Waals surface area contributed by atoms with E-state index in [-0.39, 0.29) is 18.1 Å². The molecule has 1 aromatic rings. The monoisotopic (exact) mass is 259 g/mol. The Kier molecular flexibility index (Phi) is 4.85. The highest BCUT2D eigenvalue weighted by Gasteiger charge is 2.16. The first-order valence-corrected chi connectivity index (χ1v) is 5.27. The summed E-state index contributed by atoms with van der Waals surface area (Å²) >= 11 is 0. The number of carbonyl (C=O) groups is 1. The lowest BCUT2D eigenvalue weighted by Crippen LogP contribution is -2.27. The van der Waals surface area contributed by atoms with Gasteiger partial charge in [-0.3, -0.25) is 4.79 Å². The van der Waals surface area contributed by atoms with Gasteiger partial charge in [-0.1, -0.05) is 0 Å². The number of carbonyl (C=O) groups excluding carboxylic acids is 1. The van der Waals surface area contributed by atoms with E-state index in [4.69, 9.17) is 10.8 Å². The molecule has 7 heteroatoms. The van der Waals surface area contributed by atoms with Crippen molar-refractivity contribution in [1.82, 2.24) is 5.32 Å². The lowest BCUT2D eigenvalue weighted by Gasteiger charge is -2.14. The maximum absolute atomic E-state index is 12.1. The highest BCUT2D eigenvalue weighted by molar-refractivity contribution is 5.95. The van der Waals surface area contributed by atoms with Gasteiger partial charge in [0.1, 0.15) is 6.10 Å². The van der Waals surface area contributed by atoms with Crippen molar-refractivity contribution >= 4 is 17.3 Å². The summed E-state index contributed by atoms with van der Waals surface area (Å²) in [4.78, 5) is 11.3. The van der Waals surface area contributed by atoms with E-state index in [1.165, 1.54) is 25.2 Å². The van der Waals surface area contributed by atoms with Gasteiger partial charge in [0.05, 0.1) is 11.4 Å². The first kappa shape index (κ1) is 14.2. The van der Waals surface area contributed by atoms with Crippen LogP contribution in [0.4, 0.5) is 20.2 Å². The van der Waals surface area contributed by atoms with Crippen molar-refractivity contribution in [2.24, 2.45) is 0 Å². The first-order chi connectivity index (χ1) is 8.45. The van der Waals surface area contributed by atoms with Gasteiger partial charge in [0, 0.05) is 19.2 Å². The molecule has 0 aliphatic carbocycles. The normalized spacial score (nSPS) is 12.3. The Morgan fingerprint density at radius 1 is 1.50 bits per heavy atom. The van der Waals surface area contributed by atoms with Gasteiger partial charge in [0.2, 0.25) is 0 Å². The molecule has 100 valence electrons. The molecule has 1 rings (SSSR count). The summed E-state index contributed by atoms with van der Waals surface area (Å²) in [6, 6.07) is 4.43. The van der Waals surface area contributed by atoms with Gasteiger partial charge in [-0.2, -0.15) is 0 Å². The number of amides is 1. The number of nitrogen functional groups attached to an aromatic ring is 1. The molecule has 0 heterocycles. The lowest BCUT2D eigenvalue weighted by molar-refractivity contribution is 0.00385. The highest BCUT2D eigenvalue weighted by atomic mass is 19.3. The largest absolute Gasteiger partial charge is 0.397 e. The number of hydrogen-bond donors (Lipinski definition) is 4. The van der Waals surface area contributed by atoms with Gasteiger partial charge in [-0.05, 0) is 18.2 Å². The van der Waals surface area contributed by atoms with Crippen molar-refractivity contribution in [1.29, 1.82) is 0 Å². The second-order valence-corrected chi connectivity index (χ2v) is 3.66. The van der Waals surface area contributed by atoms with Crippen molar-refractivity contribution in [3.05, 3.63) is 23.8 Å². The molecular weight excluding hydrogens is 244 g/mol. The van der Waals surface area contributed by atoms with Crippen LogP contribution in [0.3, 0.4) is 0 Å². The Bertz CT molecular complexity index is 427. The number of benzene rings is 1. The van der Waals surface area contributed by atoms with Crippen LogP contribution in [-0.4, -0.2) is 37.1 Å². The van der Waals surface area contributed by atoms with Crippen molar-refractivity contribution in [3.8, 4) is 0 Å². The molecule has 5 N–H and O–H groups in total. The molecular formula is C11H15F2N3O2. The van der Waals surface area contributed by atoms with E-state index in [2.05, 4.69) is 10.6 Å². The molecule has 5 nitrogen and oxygen atoms in total. The molecule has 1 atom stereocenters. The van der Waals surface area contributed by atoms with Gasteiger partial charge in [0.15, 0.2) is 0 Å². The average Bonchev–Trinajstić information content (AvgIpc) is 2.35. The number of alkyl halides is 2. The van der Waals surface area contributed by atoms with Crippen LogP contribution >= 0.6 is 0 Å². The molecule has 18 heavy (non-hydrogen) atoms. The fraction of sp³-hybridized carbons (Fsp3) is 0.364. The molecule has 0 saturated heterocycles. The molecule has 1 unspecified atom stereocenters. The lowest BCUT2D eigenvalue weighted by atomic mass is 10.1. The predicted octanol–water partition coefficient (Wildman–Crippen LogP) is 0.666. The van der Waals surface area contributed by atoms with Crippen LogP contribution in [0.25, 0.3) is 0 Å². The summed E-state index contributed by atoms with van der Waals surface area (Å²) < 4.78 is 24.1. The summed E-state index contributed by atoms with van der Waals surface area (Å²) in [6.45, 7) is -0.318. The molecule has 0 radical (unpaired) electrons. The number of nitrogens with two attached hydrogens (primary N) is 1. The number of aliphatic hydroxyl groups is 1. The third-order valence-corrected chi connectivity index (χ3v) is 2.33. The summed E-state index contributed by atoms with van der Waals surface area (Å²) in [7, 11) is 1.49. The summed E-state index contributed by atoms with van der Waals surface area (Å²) in [5, 5.41) is 14.0. The fourth-order valence-electron chi connectivity index (χ4n) is 1.31. The highest BCUT2D eigenvalue weighted by Crippen LogP contribution is 2.20. The summed E-state index contributed by atoms with van der Waals surface area (Å²) in [6.07, 6.45) is -4.58. The number of aliphatic hydroxyl groups excluding tert-OH is 1. The van der Waals surface area contributed by atoms with Crippen LogP contribution in [0.5, 0.6) is 0 Å². The van der Waals surface area contributed by atoms with E-state index in [0.29, 0.717) is 11.3 Å². The van der Waals surface area contributed by atoms with Crippen molar-refractivity contribution in [2.45, 2.75) is 12.5 Å². The summed E-state index contributed by atoms with van der Waals surface area (Å²) in [5.41, 5.74) is 6.67. The molecule has 0 aliphatic heterocycles.